The molecular weight excluding hydrogens is 1720 g/mol. The van der Waals surface area contributed by atoms with Crippen molar-refractivity contribution in [3.63, 3.8) is 0 Å². The number of benzene rings is 4. The Labute approximate surface area is 734 Å². The first kappa shape index (κ1) is 117. The summed E-state index contributed by atoms with van der Waals surface area (Å²) in [5.41, 5.74) is 36.8. The first-order chi connectivity index (χ1) is 58.3. The van der Waals surface area contributed by atoms with Crippen molar-refractivity contribution in [1.82, 2.24) is 0 Å². The maximum atomic E-state index is 12.5. The Morgan fingerprint density at radius 3 is 0.312 bits per heavy atom. The van der Waals surface area contributed by atoms with Crippen LogP contribution in [0.4, 0.5) is 87.8 Å². The molecule has 0 amide bonds. The van der Waals surface area contributed by atoms with Crippen LogP contribution in [0.15, 0.2) is 190 Å². The molecule has 8 aliphatic rings. The first-order valence-corrected chi connectivity index (χ1v) is 39.3. The monoisotopic (exact) mass is 1830 g/mol. The summed E-state index contributed by atoms with van der Waals surface area (Å²) in [7, 11) is -13.1. The largest absolute Gasteiger partial charge is 0.889 e. The Morgan fingerprint density at radius 2 is 0.258 bits per heavy atom. The highest BCUT2D eigenvalue weighted by molar-refractivity contribution is 6.56. The lowest BCUT2D eigenvalue weighted by Gasteiger charge is -2.27. The highest BCUT2D eigenvalue weighted by Gasteiger charge is 2.30. The van der Waals surface area contributed by atoms with Crippen molar-refractivity contribution in [3.05, 3.63) is 307 Å². The zero-order chi connectivity index (χ0) is 99.4. The summed E-state index contributed by atoms with van der Waals surface area (Å²) in [6.07, 6.45) is 60.9. The summed E-state index contributed by atoms with van der Waals surface area (Å²) in [6, 6.07) is 0. The first-order valence-electron chi connectivity index (χ1n) is 39.3. The molecule has 0 fully saturated rings. The molecule has 40 heteroatoms. The third-order valence-corrected chi connectivity index (χ3v) is 19.0. The molecule has 0 saturated heterocycles. The van der Waals surface area contributed by atoms with Crippen LogP contribution in [-0.4, -0.2) is 72.8 Å². The molecule has 12 rings (SSSR count). The molecule has 0 bridgehead atoms. The number of hydrogen-bond acceptors (Lipinski definition) is 8. The van der Waals surface area contributed by atoms with Crippen LogP contribution in [0.25, 0.3) is 0 Å². The van der Waals surface area contributed by atoms with Gasteiger partial charge in [0.15, 0.2) is 116 Å². The highest BCUT2D eigenvalue weighted by Crippen LogP contribution is 2.25. The lowest BCUT2D eigenvalue weighted by atomic mass is 9.79. The summed E-state index contributed by atoms with van der Waals surface area (Å²) in [4.78, 5) is 0. The van der Waals surface area contributed by atoms with Gasteiger partial charge in [-0.25, -0.2) is 87.8 Å². The van der Waals surface area contributed by atoms with E-state index < -0.39 is 167 Å². The molecule has 0 spiro atoms. The van der Waals surface area contributed by atoms with Gasteiger partial charge in [0, 0.05) is 51.4 Å². The molecule has 0 aliphatic heterocycles. The van der Waals surface area contributed by atoms with Crippen LogP contribution in [0, 0.1) is 116 Å². The lowest BCUT2D eigenvalue weighted by Crippen LogP contribution is -2.69. The molecule has 0 saturated carbocycles. The van der Waals surface area contributed by atoms with Crippen molar-refractivity contribution >= 4 is 50.3 Å². The number of allylic oxidation sites excluding steroid dienone is 16. The molecule has 704 valence electrons. The van der Waals surface area contributed by atoms with E-state index in [1.54, 1.807) is 0 Å². The van der Waals surface area contributed by atoms with Gasteiger partial charge in [-0.05, 0) is 181 Å². The summed E-state index contributed by atoms with van der Waals surface area (Å²) < 4.78 is 248. The second-order valence-electron chi connectivity index (χ2n) is 34.4. The number of hydrogen-bond donors (Lipinski definition) is 8. The normalized spacial score (nSPS) is 23.9. The molecule has 128 heavy (non-hydrogen) atoms. The molecule has 24 N–H and O–H groups in total. The Morgan fingerprint density at radius 1 is 0.180 bits per heavy atom. The van der Waals surface area contributed by atoms with Crippen LogP contribution in [-0.2, 0) is 0 Å². The molecule has 0 aromatic heterocycles. The van der Waals surface area contributed by atoms with Crippen LogP contribution >= 0.6 is 0 Å². The van der Waals surface area contributed by atoms with E-state index in [1.807, 2.05) is 0 Å². The Kier molecular flexibility index (Phi) is 46.0. The molecule has 0 radical (unpaired) electrons. The summed E-state index contributed by atoms with van der Waals surface area (Å²) in [5, 5.41) is 80.8. The highest BCUT2D eigenvalue weighted by atomic mass is 19.2. The SMILES string of the molecule is CC1=CCC(C)([NH3+])C=C1.CC1=CCC(C)([NH3+])C=C1.CC1=CCC(C)([NH3+])C=C1.CC1=CCC(C)([NH3+])C=C1.CC1=CCC(C)([NH3+])C=C1.CC1=CCC(C)([NH3+])C=C1.CC1=CCC(C)([NH3+])C=C1.CC1=CCC(C)([NH3+])C=C1.[O-]B([O-])c1c(F)c(F)c(F)c(F)c1F.[O-]B([O-])c1c(F)c(F)c(F)c(F)c1F.[O-]B([O-])c1c(F)c(F)c(F)c(F)c1F.[O-]B([O-])c1c(F)c(F)c(F)c(F)c1F. The standard InChI is InChI=1S/8C8H13N.4C6BF5O2/c8*1-7-3-5-8(2,9)6-4-7;4*8-2-1(7(13)14)3(9)5(11)6(12)4(2)10/h8*3-5H,6,9H2,1-2H3;;;;/q;;;;;;;;4*-2/p+8. The molecular formula is C88H112B4F20N8O8. The second kappa shape index (κ2) is 50.4. The molecule has 0 heterocycles. The maximum Gasteiger partial charge on any atom is 0.200 e. The van der Waals surface area contributed by atoms with E-state index in [2.05, 4.69) is 302 Å². The van der Waals surface area contributed by atoms with Crippen LogP contribution in [0.2, 0.25) is 0 Å². The lowest BCUT2D eigenvalue weighted by molar-refractivity contribution is -0.452. The van der Waals surface area contributed by atoms with Gasteiger partial charge in [-0.15, -0.1) is 0 Å². The Bertz CT molecular complexity index is 4150. The van der Waals surface area contributed by atoms with Crippen molar-refractivity contribution in [3.8, 4) is 0 Å². The predicted molar refractivity (Wildman–Crippen MR) is 437 cm³/mol. The van der Waals surface area contributed by atoms with Crippen LogP contribution < -0.4 is 108 Å². The van der Waals surface area contributed by atoms with Gasteiger partial charge in [0.25, 0.3) is 0 Å². The van der Waals surface area contributed by atoms with Gasteiger partial charge < -0.3 is 86.1 Å². The van der Waals surface area contributed by atoms with Gasteiger partial charge in [0.2, 0.25) is 0 Å². The minimum atomic E-state index is -3.26. The molecule has 4 aromatic carbocycles. The van der Waals surface area contributed by atoms with Gasteiger partial charge in [-0.1, -0.05) is 170 Å². The summed E-state index contributed by atoms with van der Waals surface area (Å²) in [5.74, 6) is -47.0. The fourth-order valence-corrected chi connectivity index (χ4v) is 10.2. The van der Waals surface area contributed by atoms with E-state index in [4.69, 9.17) is 0 Å². The zero-order valence-electron chi connectivity index (χ0n) is 74.3. The van der Waals surface area contributed by atoms with Gasteiger partial charge >= 0.3 is 0 Å². The van der Waals surface area contributed by atoms with Crippen molar-refractivity contribution in [2.45, 2.75) is 206 Å². The molecule has 4 aromatic rings. The minimum absolute atomic E-state index is 0.152. The van der Waals surface area contributed by atoms with Gasteiger partial charge in [0.1, 0.15) is 44.3 Å². The van der Waals surface area contributed by atoms with Crippen LogP contribution in [0.3, 0.4) is 0 Å². The van der Waals surface area contributed by atoms with E-state index in [-0.39, 0.29) is 44.3 Å². The predicted octanol–water partition coefficient (Wildman–Crippen LogP) is 2.34. The summed E-state index contributed by atoms with van der Waals surface area (Å²) in [6.45, 7) is 34.1. The number of quaternary nitrogens is 8. The number of rotatable bonds is 4. The average molecular weight is 1830 g/mol. The third-order valence-electron chi connectivity index (χ3n) is 19.0. The summed E-state index contributed by atoms with van der Waals surface area (Å²) >= 11 is 0. The van der Waals surface area contributed by atoms with E-state index >= 15 is 0 Å². The zero-order valence-corrected chi connectivity index (χ0v) is 74.3. The minimum Gasteiger partial charge on any atom is -0.889 e. The van der Waals surface area contributed by atoms with Crippen molar-refractivity contribution < 1.29 is 174 Å². The quantitative estimate of drug-likeness (QED) is 0.0647. The van der Waals surface area contributed by atoms with Crippen LogP contribution in [0.5, 0.6) is 0 Å². The fourth-order valence-electron chi connectivity index (χ4n) is 10.2. The van der Waals surface area contributed by atoms with Crippen molar-refractivity contribution in [2.75, 3.05) is 0 Å². The van der Waals surface area contributed by atoms with Gasteiger partial charge in [-0.2, -0.15) is 0 Å². The van der Waals surface area contributed by atoms with Gasteiger partial charge in [0.05, 0.1) is 0 Å². The molecule has 8 aliphatic carbocycles. The smallest absolute Gasteiger partial charge is 0.200 e. The third kappa shape index (κ3) is 39.7. The molecule has 8 unspecified atom stereocenters. The van der Waals surface area contributed by atoms with Crippen LogP contribution in [0.1, 0.15) is 162 Å². The van der Waals surface area contributed by atoms with E-state index in [0.717, 1.165) is 51.4 Å². The topological polar surface area (TPSA) is 406 Å². The van der Waals surface area contributed by atoms with E-state index in [9.17, 15) is 128 Å². The van der Waals surface area contributed by atoms with E-state index in [0.29, 0.717) is 0 Å². The van der Waals surface area contributed by atoms with Crippen molar-refractivity contribution in [1.29, 1.82) is 0 Å². The Balaban J connectivity index is 0.000000702. The number of halogens is 20. The fraction of sp³-hybridized carbons (Fsp3) is 0.364. The second-order valence-corrected chi connectivity index (χ2v) is 34.4. The average Bonchev–Trinajstić information content (AvgIpc) is 0.802. The van der Waals surface area contributed by atoms with Crippen molar-refractivity contribution in [2.24, 2.45) is 0 Å². The van der Waals surface area contributed by atoms with E-state index in [1.165, 1.54) is 44.6 Å². The maximum absolute atomic E-state index is 12.5. The Hall–Kier alpha value is -9.06. The molecule has 8 atom stereocenters. The van der Waals surface area contributed by atoms with Gasteiger partial charge in [-0.3, -0.25) is 0 Å². The molecule has 16 nitrogen and oxygen atoms in total.